The van der Waals surface area contributed by atoms with E-state index in [0.29, 0.717) is 6.54 Å². The van der Waals surface area contributed by atoms with E-state index in [1.807, 2.05) is 0 Å². The minimum absolute atomic E-state index is 0.325. The Morgan fingerprint density at radius 1 is 1.89 bits per heavy atom. The molecule has 54 valence electrons. The number of carboxylic acid groups (broad SMARTS) is 1. The van der Waals surface area contributed by atoms with Crippen molar-refractivity contribution >= 4 is 5.97 Å². The van der Waals surface area contributed by atoms with Crippen LogP contribution in [0.2, 0.25) is 0 Å². The molecule has 0 aromatic carbocycles. The third-order valence-electron chi connectivity index (χ3n) is 0.908. The first-order valence-electron chi connectivity index (χ1n) is 2.56. The summed E-state index contributed by atoms with van der Waals surface area (Å²) in [5.41, 5.74) is 2.14. The number of hydrogen-bond donors (Lipinski definition) is 4. The summed E-state index contributed by atoms with van der Waals surface area (Å²) >= 11 is 0. The highest BCUT2D eigenvalue weighted by Gasteiger charge is 2.12. The number of rotatable bonds is 4. The van der Waals surface area contributed by atoms with Crippen molar-refractivity contribution in [3.05, 3.63) is 0 Å². The summed E-state index contributed by atoms with van der Waals surface area (Å²) in [6.45, 7) is 0.325. The molecule has 0 amide bonds. The summed E-state index contributed by atoms with van der Waals surface area (Å²) < 4.78 is 0. The highest BCUT2D eigenvalue weighted by Crippen LogP contribution is 1.75. The number of hydrazine groups is 1. The van der Waals surface area contributed by atoms with Gasteiger partial charge in [0, 0.05) is 6.54 Å². The van der Waals surface area contributed by atoms with E-state index in [9.17, 15) is 4.79 Å². The molecular formula is C4H11N3O2. The van der Waals surface area contributed by atoms with Gasteiger partial charge in [-0.15, -0.1) is 0 Å². The maximum atomic E-state index is 10.1. The largest absolute Gasteiger partial charge is 0.480 e. The molecule has 0 saturated heterocycles. The van der Waals surface area contributed by atoms with E-state index in [4.69, 9.17) is 10.9 Å². The van der Waals surface area contributed by atoms with Gasteiger partial charge in [-0.05, 0) is 7.05 Å². The summed E-state index contributed by atoms with van der Waals surface area (Å²) in [6, 6.07) is -0.699. The summed E-state index contributed by atoms with van der Waals surface area (Å²) in [5.74, 6) is 3.94. The van der Waals surface area contributed by atoms with E-state index >= 15 is 0 Å². The number of likely N-dealkylation sites (N-methyl/N-ethyl adjacent to an activating group) is 1. The van der Waals surface area contributed by atoms with E-state index < -0.39 is 12.0 Å². The van der Waals surface area contributed by atoms with Crippen LogP contribution in [0.3, 0.4) is 0 Å². The molecule has 5 nitrogen and oxygen atoms in total. The van der Waals surface area contributed by atoms with Gasteiger partial charge in [0.2, 0.25) is 0 Å². The van der Waals surface area contributed by atoms with Crippen LogP contribution in [0, 0.1) is 0 Å². The maximum absolute atomic E-state index is 10.1. The normalized spacial score (nSPS) is 13.1. The van der Waals surface area contributed by atoms with E-state index in [0.717, 1.165) is 0 Å². The van der Waals surface area contributed by atoms with Crippen molar-refractivity contribution < 1.29 is 9.90 Å². The van der Waals surface area contributed by atoms with Gasteiger partial charge in [0.25, 0.3) is 0 Å². The predicted octanol–water partition coefficient (Wildman–Crippen LogP) is -1.88. The van der Waals surface area contributed by atoms with E-state index in [-0.39, 0.29) is 0 Å². The number of carbonyl (C=O) groups is 1. The fraction of sp³-hybridized carbons (Fsp3) is 0.750. The topological polar surface area (TPSA) is 87.4 Å². The third-order valence-corrected chi connectivity index (χ3v) is 0.908. The molecule has 0 bridgehead atoms. The Kier molecular flexibility index (Phi) is 3.94. The zero-order chi connectivity index (χ0) is 7.28. The zero-order valence-corrected chi connectivity index (χ0v) is 5.22. The molecule has 0 aromatic rings. The number of aliphatic carboxylic acids is 1. The molecule has 1 atom stereocenters. The number of nitrogens with one attached hydrogen (secondary N) is 2. The molecule has 0 saturated carbocycles. The molecule has 0 aromatic heterocycles. The summed E-state index contributed by atoms with van der Waals surface area (Å²) in [5, 5.41) is 11.0. The van der Waals surface area contributed by atoms with Crippen LogP contribution in [-0.4, -0.2) is 30.7 Å². The standard InChI is InChI=1S/C4H11N3O2/c1-6-2-3(7-5)4(8)9/h3,6-7H,2,5H2,1H3,(H,8,9)/t3-/m0/s1. The molecule has 0 fully saturated rings. The van der Waals surface area contributed by atoms with E-state index in [2.05, 4.69) is 10.7 Å². The highest BCUT2D eigenvalue weighted by molar-refractivity contribution is 5.73. The minimum Gasteiger partial charge on any atom is -0.480 e. The van der Waals surface area contributed by atoms with Gasteiger partial charge >= 0.3 is 5.97 Å². The molecule has 0 heterocycles. The first-order chi connectivity index (χ1) is 4.22. The van der Waals surface area contributed by atoms with Crippen LogP contribution in [-0.2, 0) is 4.79 Å². The highest BCUT2D eigenvalue weighted by atomic mass is 16.4. The molecule has 0 rings (SSSR count). The van der Waals surface area contributed by atoms with Crippen LogP contribution in [0.15, 0.2) is 0 Å². The first kappa shape index (κ1) is 8.35. The molecule has 5 N–H and O–H groups in total. The lowest BCUT2D eigenvalue weighted by Crippen LogP contribution is -2.47. The third kappa shape index (κ3) is 3.02. The second-order valence-corrected chi connectivity index (χ2v) is 1.62. The van der Waals surface area contributed by atoms with Crippen molar-refractivity contribution in [1.29, 1.82) is 0 Å². The van der Waals surface area contributed by atoms with Gasteiger partial charge in [-0.25, -0.2) is 5.43 Å². The second-order valence-electron chi connectivity index (χ2n) is 1.62. The molecular weight excluding hydrogens is 122 g/mol. The summed E-state index contributed by atoms with van der Waals surface area (Å²) in [6.07, 6.45) is 0. The fourth-order valence-corrected chi connectivity index (χ4v) is 0.422. The van der Waals surface area contributed by atoms with E-state index in [1.165, 1.54) is 0 Å². The Morgan fingerprint density at radius 3 is 2.56 bits per heavy atom. The van der Waals surface area contributed by atoms with Crippen LogP contribution in [0.25, 0.3) is 0 Å². The van der Waals surface area contributed by atoms with Crippen molar-refractivity contribution in [3.8, 4) is 0 Å². The molecule has 9 heavy (non-hydrogen) atoms. The lowest BCUT2D eigenvalue weighted by molar-refractivity contribution is -0.139. The van der Waals surface area contributed by atoms with Crippen molar-refractivity contribution in [2.75, 3.05) is 13.6 Å². The fourth-order valence-electron chi connectivity index (χ4n) is 0.422. The Bertz CT molecular complexity index is 95.8. The van der Waals surface area contributed by atoms with Crippen molar-refractivity contribution in [2.45, 2.75) is 6.04 Å². The van der Waals surface area contributed by atoms with Gasteiger partial charge in [-0.1, -0.05) is 0 Å². The van der Waals surface area contributed by atoms with Crippen LogP contribution in [0.5, 0.6) is 0 Å². The monoisotopic (exact) mass is 133 g/mol. The lowest BCUT2D eigenvalue weighted by Gasteiger charge is -2.08. The Morgan fingerprint density at radius 2 is 2.44 bits per heavy atom. The number of nitrogens with two attached hydrogens (primary N) is 1. The smallest absolute Gasteiger partial charge is 0.323 e. The summed E-state index contributed by atoms with van der Waals surface area (Å²) in [4.78, 5) is 10.1. The molecule has 0 aliphatic carbocycles. The zero-order valence-electron chi connectivity index (χ0n) is 5.22. The van der Waals surface area contributed by atoms with Gasteiger partial charge in [0.1, 0.15) is 6.04 Å². The van der Waals surface area contributed by atoms with Crippen LogP contribution >= 0.6 is 0 Å². The second kappa shape index (κ2) is 4.25. The minimum atomic E-state index is -0.952. The number of hydrogen-bond acceptors (Lipinski definition) is 4. The molecule has 0 radical (unpaired) electrons. The lowest BCUT2D eigenvalue weighted by atomic mass is 10.3. The Labute approximate surface area is 53.2 Å². The quantitative estimate of drug-likeness (QED) is 0.266. The molecule has 0 aliphatic rings. The van der Waals surface area contributed by atoms with Crippen molar-refractivity contribution in [3.63, 3.8) is 0 Å². The number of carboxylic acids is 1. The molecule has 0 unspecified atom stereocenters. The average molecular weight is 133 g/mol. The average Bonchev–Trinajstić information content (AvgIpc) is 1.82. The maximum Gasteiger partial charge on any atom is 0.323 e. The van der Waals surface area contributed by atoms with Gasteiger partial charge in [-0.2, -0.15) is 0 Å². The van der Waals surface area contributed by atoms with Gasteiger partial charge in [0.05, 0.1) is 0 Å². The first-order valence-corrected chi connectivity index (χ1v) is 2.56. The Hall–Kier alpha value is -0.650. The van der Waals surface area contributed by atoms with Crippen molar-refractivity contribution in [1.82, 2.24) is 10.7 Å². The van der Waals surface area contributed by atoms with Gasteiger partial charge < -0.3 is 10.4 Å². The molecule has 5 heteroatoms. The van der Waals surface area contributed by atoms with Gasteiger partial charge in [-0.3, -0.25) is 10.6 Å². The SMILES string of the molecule is CNC[C@H](NN)C(=O)O. The van der Waals surface area contributed by atoms with Crippen LogP contribution in [0.4, 0.5) is 0 Å². The van der Waals surface area contributed by atoms with Crippen LogP contribution in [0.1, 0.15) is 0 Å². The predicted molar refractivity (Wildman–Crippen MR) is 32.7 cm³/mol. The van der Waals surface area contributed by atoms with Crippen molar-refractivity contribution in [2.24, 2.45) is 5.84 Å². The molecule has 0 spiro atoms. The van der Waals surface area contributed by atoms with Gasteiger partial charge in [0.15, 0.2) is 0 Å². The molecule has 0 aliphatic heterocycles. The van der Waals surface area contributed by atoms with Crippen LogP contribution < -0.4 is 16.6 Å². The summed E-state index contributed by atoms with van der Waals surface area (Å²) in [7, 11) is 1.66. The van der Waals surface area contributed by atoms with E-state index in [1.54, 1.807) is 7.05 Å². The Balaban J connectivity index is 3.54.